The van der Waals surface area contributed by atoms with Crippen LogP contribution >= 0.6 is 0 Å². The molecule has 0 heteroatoms. The third-order valence-corrected chi connectivity index (χ3v) is 9.21. The van der Waals surface area contributed by atoms with Crippen LogP contribution in [0, 0.1) is 11.8 Å². The number of benzene rings is 3. The smallest absolute Gasteiger partial charge is 0.00581 e. The third kappa shape index (κ3) is 2.18. The lowest BCUT2D eigenvalue weighted by Gasteiger charge is -2.38. The average molecular weight is 413 g/mol. The second-order valence-electron chi connectivity index (χ2n) is 10.6. The zero-order valence-electron chi connectivity index (χ0n) is 18.5. The van der Waals surface area contributed by atoms with Crippen LogP contribution in [-0.4, -0.2) is 0 Å². The monoisotopic (exact) mass is 412 g/mol. The van der Waals surface area contributed by atoms with Gasteiger partial charge in [-0.15, -0.1) is 0 Å². The average Bonchev–Trinajstić information content (AvgIpc) is 3.36. The Morgan fingerprint density at radius 2 is 1.81 bits per heavy atom. The fraction of sp³-hybridized carbons (Fsp3) is 0.312. The van der Waals surface area contributed by atoms with Crippen molar-refractivity contribution in [2.75, 3.05) is 0 Å². The van der Waals surface area contributed by atoms with Gasteiger partial charge < -0.3 is 0 Å². The van der Waals surface area contributed by atoms with E-state index in [2.05, 4.69) is 72.8 Å². The molecule has 4 unspecified atom stereocenters. The summed E-state index contributed by atoms with van der Waals surface area (Å²) in [7, 11) is 0. The Hall–Kier alpha value is -2.86. The van der Waals surface area contributed by atoms with Gasteiger partial charge in [0.1, 0.15) is 0 Å². The molecule has 8 rings (SSSR count). The lowest BCUT2D eigenvalue weighted by Crippen LogP contribution is -2.28. The molecule has 0 nitrogen and oxygen atoms in total. The maximum Gasteiger partial charge on any atom is 0.00581 e. The standard InChI is InChI=1S/C32H28/c1-2-8-19(9-3-1)21-16-22-18-28-25-14-6-10-20-11-7-15-26(29(20)25)31(28)32-24-13-5-4-12-23(24)27(17-21)30(22)32/h1-3,5-6,8-9,13-14,16-18,20,25-26,29H,4,7,10-12,15H2. The van der Waals surface area contributed by atoms with Gasteiger partial charge in [0, 0.05) is 5.92 Å². The van der Waals surface area contributed by atoms with Crippen molar-refractivity contribution in [2.24, 2.45) is 11.8 Å². The zero-order valence-corrected chi connectivity index (χ0v) is 18.5. The fourth-order valence-electron chi connectivity index (χ4n) is 8.06. The van der Waals surface area contributed by atoms with E-state index >= 15 is 0 Å². The van der Waals surface area contributed by atoms with Crippen molar-refractivity contribution in [3.8, 4) is 11.1 Å². The van der Waals surface area contributed by atoms with E-state index in [4.69, 9.17) is 0 Å². The summed E-state index contributed by atoms with van der Waals surface area (Å²) < 4.78 is 0. The minimum atomic E-state index is 0.635. The van der Waals surface area contributed by atoms with Crippen molar-refractivity contribution in [1.29, 1.82) is 0 Å². The third-order valence-electron chi connectivity index (χ3n) is 9.21. The summed E-state index contributed by atoms with van der Waals surface area (Å²) in [6.45, 7) is 0. The summed E-state index contributed by atoms with van der Waals surface area (Å²) in [4.78, 5) is 0. The summed E-state index contributed by atoms with van der Waals surface area (Å²) in [5.41, 5.74) is 12.4. The van der Waals surface area contributed by atoms with Gasteiger partial charge >= 0.3 is 0 Å². The van der Waals surface area contributed by atoms with E-state index in [0.717, 1.165) is 17.8 Å². The van der Waals surface area contributed by atoms with Gasteiger partial charge in [-0.3, -0.25) is 0 Å². The van der Waals surface area contributed by atoms with E-state index in [1.807, 2.05) is 0 Å². The van der Waals surface area contributed by atoms with E-state index < -0.39 is 0 Å². The van der Waals surface area contributed by atoms with Crippen LogP contribution in [0.3, 0.4) is 0 Å². The molecular formula is C32H28. The van der Waals surface area contributed by atoms with Crippen LogP contribution in [-0.2, 0) is 0 Å². The first-order valence-corrected chi connectivity index (χ1v) is 12.7. The molecule has 0 saturated heterocycles. The van der Waals surface area contributed by atoms with Crippen LogP contribution in [0.2, 0.25) is 0 Å². The molecule has 32 heavy (non-hydrogen) atoms. The van der Waals surface area contributed by atoms with Crippen LogP contribution in [0.1, 0.15) is 72.6 Å². The molecule has 156 valence electrons. The van der Waals surface area contributed by atoms with Crippen molar-refractivity contribution in [1.82, 2.24) is 0 Å². The Morgan fingerprint density at radius 3 is 2.75 bits per heavy atom. The number of hydrogen-bond donors (Lipinski definition) is 0. The highest BCUT2D eigenvalue weighted by Gasteiger charge is 2.48. The normalized spacial score (nSPS) is 28.8. The second-order valence-corrected chi connectivity index (χ2v) is 10.6. The van der Waals surface area contributed by atoms with E-state index in [9.17, 15) is 0 Å². The SMILES string of the molecule is C1=CC2=C(CC1)c1cc(-c3ccccc3)cc3cc4c(c2c13)C1CCCC2CC=CC4C21. The maximum atomic E-state index is 2.61. The quantitative estimate of drug-likeness (QED) is 0.351. The second kappa shape index (κ2) is 6.35. The van der Waals surface area contributed by atoms with Gasteiger partial charge in [0.25, 0.3) is 0 Å². The van der Waals surface area contributed by atoms with Crippen molar-refractivity contribution < 1.29 is 0 Å². The van der Waals surface area contributed by atoms with E-state index in [-0.39, 0.29) is 0 Å². The van der Waals surface area contributed by atoms with Gasteiger partial charge in [0.05, 0.1) is 0 Å². The molecule has 0 aliphatic heterocycles. The topological polar surface area (TPSA) is 0 Å². The molecule has 0 radical (unpaired) electrons. The summed E-state index contributed by atoms with van der Waals surface area (Å²) in [6, 6.07) is 18.6. The van der Waals surface area contributed by atoms with Crippen molar-refractivity contribution >= 4 is 21.9 Å². The number of hydrogen-bond acceptors (Lipinski definition) is 0. The molecule has 1 fully saturated rings. The number of rotatable bonds is 1. The molecule has 3 aromatic rings. The highest BCUT2D eigenvalue weighted by atomic mass is 14.5. The van der Waals surface area contributed by atoms with Gasteiger partial charge in [-0.1, -0.05) is 67.1 Å². The molecule has 5 aliphatic carbocycles. The van der Waals surface area contributed by atoms with Gasteiger partial charge in [-0.05, 0) is 117 Å². The first-order valence-electron chi connectivity index (χ1n) is 12.7. The number of allylic oxidation sites excluding steroid dienone is 6. The Bertz CT molecular complexity index is 1380. The molecule has 0 aromatic heterocycles. The lowest BCUT2D eigenvalue weighted by atomic mass is 9.66. The van der Waals surface area contributed by atoms with Crippen LogP contribution < -0.4 is 0 Å². The Labute approximate surface area is 190 Å². The highest BCUT2D eigenvalue weighted by Crippen LogP contribution is 2.63. The van der Waals surface area contributed by atoms with Gasteiger partial charge in [-0.2, -0.15) is 0 Å². The zero-order chi connectivity index (χ0) is 20.8. The van der Waals surface area contributed by atoms with Crippen molar-refractivity contribution in [2.45, 2.75) is 50.4 Å². The molecule has 0 amide bonds. The Morgan fingerprint density at radius 1 is 0.875 bits per heavy atom. The largest absolute Gasteiger partial charge is 0.0876 e. The molecular weight excluding hydrogens is 384 g/mol. The van der Waals surface area contributed by atoms with Crippen LogP contribution in [0.15, 0.2) is 72.8 Å². The van der Waals surface area contributed by atoms with Gasteiger partial charge in [-0.25, -0.2) is 0 Å². The summed E-state index contributed by atoms with van der Waals surface area (Å²) in [6.07, 6.45) is 17.9. The van der Waals surface area contributed by atoms with Crippen molar-refractivity contribution in [3.63, 3.8) is 0 Å². The van der Waals surface area contributed by atoms with Crippen LogP contribution in [0.25, 0.3) is 33.0 Å². The minimum Gasteiger partial charge on any atom is -0.0876 e. The van der Waals surface area contributed by atoms with Crippen LogP contribution in [0.4, 0.5) is 0 Å². The molecule has 0 N–H and O–H groups in total. The summed E-state index contributed by atoms with van der Waals surface area (Å²) >= 11 is 0. The van der Waals surface area contributed by atoms with Crippen molar-refractivity contribution in [3.05, 3.63) is 95.1 Å². The summed E-state index contributed by atoms with van der Waals surface area (Å²) in [5, 5.41) is 3.02. The first-order chi connectivity index (χ1) is 15.9. The predicted octanol–water partition coefficient (Wildman–Crippen LogP) is 8.64. The van der Waals surface area contributed by atoms with Gasteiger partial charge in [0.2, 0.25) is 0 Å². The molecule has 4 atom stereocenters. The maximum absolute atomic E-state index is 2.61. The molecule has 1 saturated carbocycles. The van der Waals surface area contributed by atoms with Gasteiger partial charge in [0.15, 0.2) is 0 Å². The lowest BCUT2D eigenvalue weighted by molar-refractivity contribution is 0.197. The fourth-order valence-corrected chi connectivity index (χ4v) is 8.06. The van der Waals surface area contributed by atoms with E-state index in [1.165, 1.54) is 60.6 Å². The highest BCUT2D eigenvalue weighted by molar-refractivity contribution is 6.18. The minimum absolute atomic E-state index is 0.635. The molecule has 3 aromatic carbocycles. The summed E-state index contributed by atoms with van der Waals surface area (Å²) in [5.74, 6) is 3.13. The Balaban J connectivity index is 1.47. The predicted molar refractivity (Wildman–Crippen MR) is 135 cm³/mol. The molecule has 0 bridgehead atoms. The number of fused-ring (bicyclic) bond motifs is 6. The first kappa shape index (κ1) is 17.7. The molecule has 0 heterocycles. The molecule has 5 aliphatic rings. The Kier molecular flexibility index (Phi) is 3.50. The van der Waals surface area contributed by atoms with E-state index in [0.29, 0.717) is 5.92 Å². The van der Waals surface area contributed by atoms with E-state index in [1.54, 1.807) is 33.2 Å². The van der Waals surface area contributed by atoms with Crippen LogP contribution in [0.5, 0.6) is 0 Å². The molecule has 0 spiro atoms.